The second-order valence-electron chi connectivity index (χ2n) is 7.35. The Hall–Kier alpha value is -1.75. The van der Waals surface area contributed by atoms with Crippen molar-refractivity contribution in [3.63, 3.8) is 0 Å². The van der Waals surface area contributed by atoms with Crippen LogP contribution in [0, 0.1) is 0 Å². The lowest BCUT2D eigenvalue weighted by molar-refractivity contribution is -0.152. The Morgan fingerprint density at radius 2 is 2.00 bits per heavy atom. The van der Waals surface area contributed by atoms with Crippen molar-refractivity contribution in [3.8, 4) is 0 Å². The van der Waals surface area contributed by atoms with E-state index in [4.69, 9.17) is 4.74 Å². The van der Waals surface area contributed by atoms with Crippen molar-refractivity contribution >= 4 is 23.6 Å². The van der Waals surface area contributed by atoms with Gasteiger partial charge in [-0.05, 0) is 81.5 Å². The SMILES string of the molecule is C[C@@H](OC(=O)CSc1ccc2c(c1)CCC2)C(=O)NCCC1=CCCCC1. The average Bonchev–Trinajstić information content (AvgIpc) is 3.15. The van der Waals surface area contributed by atoms with E-state index in [0.29, 0.717) is 6.54 Å². The average molecular weight is 388 g/mol. The molecule has 0 aliphatic heterocycles. The van der Waals surface area contributed by atoms with Crippen LogP contribution in [0.4, 0.5) is 0 Å². The fraction of sp³-hybridized carbons (Fsp3) is 0.545. The summed E-state index contributed by atoms with van der Waals surface area (Å²) < 4.78 is 5.28. The number of carbonyl (C=O) groups is 2. The topological polar surface area (TPSA) is 55.4 Å². The minimum absolute atomic E-state index is 0.220. The normalized spacial score (nSPS) is 17.0. The summed E-state index contributed by atoms with van der Waals surface area (Å²) in [5.74, 6) is -0.344. The molecule has 4 nitrogen and oxygen atoms in total. The summed E-state index contributed by atoms with van der Waals surface area (Å²) in [4.78, 5) is 25.3. The molecule has 0 bridgehead atoms. The van der Waals surface area contributed by atoms with Gasteiger partial charge in [0.2, 0.25) is 0 Å². The van der Waals surface area contributed by atoms with Crippen molar-refractivity contribution in [1.29, 1.82) is 0 Å². The maximum absolute atomic E-state index is 12.1. The second-order valence-corrected chi connectivity index (χ2v) is 8.40. The molecular weight excluding hydrogens is 358 g/mol. The van der Waals surface area contributed by atoms with Crippen molar-refractivity contribution in [2.75, 3.05) is 12.3 Å². The number of esters is 1. The molecule has 1 aromatic carbocycles. The maximum Gasteiger partial charge on any atom is 0.317 e. The van der Waals surface area contributed by atoms with Crippen LogP contribution in [0.1, 0.15) is 56.6 Å². The third-order valence-corrected chi connectivity index (χ3v) is 6.20. The molecule has 0 fully saturated rings. The monoisotopic (exact) mass is 387 g/mol. The van der Waals surface area contributed by atoms with E-state index in [9.17, 15) is 9.59 Å². The maximum atomic E-state index is 12.1. The van der Waals surface area contributed by atoms with Gasteiger partial charge in [0.15, 0.2) is 6.10 Å². The number of thioether (sulfide) groups is 1. The lowest BCUT2D eigenvalue weighted by Gasteiger charge is -2.15. The summed E-state index contributed by atoms with van der Waals surface area (Å²) in [5, 5.41) is 2.87. The van der Waals surface area contributed by atoms with Crippen molar-refractivity contribution < 1.29 is 14.3 Å². The molecule has 5 heteroatoms. The van der Waals surface area contributed by atoms with Crippen LogP contribution in [0.5, 0.6) is 0 Å². The molecule has 0 saturated carbocycles. The molecule has 0 aromatic heterocycles. The smallest absolute Gasteiger partial charge is 0.317 e. The van der Waals surface area contributed by atoms with E-state index in [1.54, 1.807) is 6.92 Å². The number of benzene rings is 1. The largest absolute Gasteiger partial charge is 0.452 e. The molecule has 0 radical (unpaired) electrons. The van der Waals surface area contributed by atoms with Gasteiger partial charge in [-0.1, -0.05) is 17.7 Å². The highest BCUT2D eigenvalue weighted by atomic mass is 32.2. The van der Waals surface area contributed by atoms with Crippen molar-refractivity contribution in [2.45, 2.75) is 69.3 Å². The number of hydrogen-bond donors (Lipinski definition) is 1. The van der Waals surface area contributed by atoms with Gasteiger partial charge in [0, 0.05) is 11.4 Å². The van der Waals surface area contributed by atoms with Gasteiger partial charge in [-0.25, -0.2) is 0 Å². The van der Waals surface area contributed by atoms with Crippen LogP contribution in [-0.2, 0) is 27.2 Å². The molecule has 2 aliphatic carbocycles. The Labute approximate surface area is 166 Å². The molecule has 1 atom stereocenters. The van der Waals surface area contributed by atoms with Gasteiger partial charge in [-0.2, -0.15) is 0 Å². The van der Waals surface area contributed by atoms with Crippen LogP contribution in [-0.4, -0.2) is 30.3 Å². The number of rotatable bonds is 8. The molecule has 1 amide bonds. The van der Waals surface area contributed by atoms with Crippen LogP contribution in [0.25, 0.3) is 0 Å². The number of fused-ring (bicyclic) bond motifs is 1. The van der Waals surface area contributed by atoms with Crippen LogP contribution in [0.2, 0.25) is 0 Å². The summed E-state index contributed by atoms with van der Waals surface area (Å²) in [5.41, 5.74) is 4.25. The van der Waals surface area contributed by atoms with E-state index in [2.05, 4.69) is 29.6 Å². The minimum Gasteiger partial charge on any atom is -0.452 e. The van der Waals surface area contributed by atoms with E-state index in [1.165, 1.54) is 47.7 Å². The van der Waals surface area contributed by atoms with E-state index in [0.717, 1.165) is 37.0 Å². The number of amides is 1. The van der Waals surface area contributed by atoms with Crippen molar-refractivity contribution in [2.24, 2.45) is 0 Å². The zero-order valence-electron chi connectivity index (χ0n) is 16.1. The van der Waals surface area contributed by atoms with E-state index < -0.39 is 6.10 Å². The van der Waals surface area contributed by atoms with Crippen LogP contribution in [0.3, 0.4) is 0 Å². The third-order valence-electron chi connectivity index (χ3n) is 5.23. The fourth-order valence-corrected chi connectivity index (χ4v) is 4.43. The highest BCUT2D eigenvalue weighted by Crippen LogP contribution is 2.27. The van der Waals surface area contributed by atoms with Gasteiger partial charge in [0.1, 0.15) is 0 Å². The summed E-state index contributed by atoms with van der Waals surface area (Å²) in [6.45, 7) is 2.24. The summed E-state index contributed by atoms with van der Waals surface area (Å²) in [6, 6.07) is 6.41. The Morgan fingerprint density at radius 3 is 2.81 bits per heavy atom. The highest BCUT2D eigenvalue weighted by molar-refractivity contribution is 8.00. The van der Waals surface area contributed by atoms with Gasteiger partial charge in [-0.15, -0.1) is 11.8 Å². The zero-order chi connectivity index (χ0) is 19.1. The Morgan fingerprint density at radius 1 is 1.15 bits per heavy atom. The van der Waals surface area contributed by atoms with Gasteiger partial charge in [-0.3, -0.25) is 9.59 Å². The quantitative estimate of drug-likeness (QED) is 0.412. The molecule has 0 saturated heterocycles. The molecule has 146 valence electrons. The second kappa shape index (κ2) is 9.98. The first-order valence-electron chi connectivity index (χ1n) is 10.0. The molecule has 0 spiro atoms. The lowest BCUT2D eigenvalue weighted by Crippen LogP contribution is -2.36. The molecule has 27 heavy (non-hydrogen) atoms. The van der Waals surface area contributed by atoms with E-state index in [1.807, 2.05) is 0 Å². The number of allylic oxidation sites excluding steroid dienone is 1. The number of carbonyl (C=O) groups excluding carboxylic acids is 2. The van der Waals surface area contributed by atoms with Gasteiger partial charge < -0.3 is 10.1 Å². The predicted molar refractivity (Wildman–Crippen MR) is 109 cm³/mol. The molecule has 1 N–H and O–H groups in total. The van der Waals surface area contributed by atoms with Crippen LogP contribution < -0.4 is 5.32 Å². The molecule has 0 heterocycles. The summed E-state index contributed by atoms with van der Waals surface area (Å²) in [7, 11) is 0. The van der Waals surface area contributed by atoms with Gasteiger partial charge in [0.05, 0.1) is 5.75 Å². The first-order chi connectivity index (χ1) is 13.1. The lowest BCUT2D eigenvalue weighted by atomic mass is 9.97. The number of nitrogens with one attached hydrogen (secondary N) is 1. The van der Waals surface area contributed by atoms with E-state index in [-0.39, 0.29) is 17.6 Å². The summed E-state index contributed by atoms with van der Waals surface area (Å²) in [6.07, 6.45) is 10.7. The Bertz CT molecular complexity index is 714. The minimum atomic E-state index is -0.751. The predicted octanol–water partition coefficient (Wildman–Crippen LogP) is 4.21. The number of hydrogen-bond acceptors (Lipinski definition) is 4. The Kier molecular flexibility index (Phi) is 7.39. The first-order valence-corrected chi connectivity index (χ1v) is 11.0. The Balaban J connectivity index is 1.35. The number of aryl methyl sites for hydroxylation is 2. The highest BCUT2D eigenvalue weighted by Gasteiger charge is 2.18. The van der Waals surface area contributed by atoms with Crippen molar-refractivity contribution in [1.82, 2.24) is 5.32 Å². The van der Waals surface area contributed by atoms with Crippen LogP contribution >= 0.6 is 11.8 Å². The zero-order valence-corrected chi connectivity index (χ0v) is 16.9. The van der Waals surface area contributed by atoms with Gasteiger partial charge in [0.25, 0.3) is 5.91 Å². The molecule has 3 rings (SSSR count). The fourth-order valence-electron chi connectivity index (χ4n) is 3.69. The third kappa shape index (κ3) is 6.13. The van der Waals surface area contributed by atoms with Crippen LogP contribution in [0.15, 0.2) is 34.7 Å². The first kappa shape index (κ1) is 20.0. The molecule has 2 aliphatic rings. The number of ether oxygens (including phenoxy) is 1. The standard InChI is InChI=1S/C22H29NO3S/c1-16(22(25)23-13-12-17-6-3-2-4-7-17)26-21(24)15-27-20-11-10-18-8-5-9-19(18)14-20/h6,10-11,14,16H,2-5,7-9,12-13,15H2,1H3,(H,23,25)/t16-/m1/s1. The van der Waals surface area contributed by atoms with Gasteiger partial charge >= 0.3 is 5.97 Å². The van der Waals surface area contributed by atoms with Crippen molar-refractivity contribution in [3.05, 3.63) is 41.0 Å². The van der Waals surface area contributed by atoms with E-state index >= 15 is 0 Å². The molecule has 0 unspecified atom stereocenters. The summed E-state index contributed by atoms with van der Waals surface area (Å²) >= 11 is 1.47. The molecular formula is C22H29NO3S. The molecule has 1 aromatic rings.